The van der Waals surface area contributed by atoms with Gasteiger partial charge in [-0.15, -0.1) is 0 Å². The second kappa shape index (κ2) is 6.69. The van der Waals surface area contributed by atoms with E-state index in [-0.39, 0.29) is 5.54 Å². The third-order valence-corrected chi connectivity index (χ3v) is 4.19. The van der Waals surface area contributed by atoms with E-state index in [2.05, 4.69) is 30.7 Å². The average molecular weight is 243 g/mol. The van der Waals surface area contributed by atoms with Crippen LogP contribution in [0.2, 0.25) is 0 Å². The van der Waals surface area contributed by atoms with Gasteiger partial charge in [0, 0.05) is 25.2 Å². The fraction of sp³-hybridized carbons (Fsp3) is 1.00. The zero-order valence-electron chi connectivity index (χ0n) is 11.9. The second-order valence-corrected chi connectivity index (χ2v) is 5.32. The molecule has 1 heterocycles. The Bertz CT molecular complexity index is 215. The molecule has 0 saturated carbocycles. The van der Waals surface area contributed by atoms with E-state index in [1.54, 1.807) is 7.11 Å². The van der Waals surface area contributed by atoms with Gasteiger partial charge in [0.2, 0.25) is 0 Å². The van der Waals surface area contributed by atoms with Gasteiger partial charge in [0.25, 0.3) is 0 Å². The fourth-order valence-corrected chi connectivity index (χ4v) is 3.09. The van der Waals surface area contributed by atoms with E-state index < -0.39 is 0 Å². The highest BCUT2D eigenvalue weighted by atomic mass is 16.5. The number of nitrogens with zero attached hydrogens (tertiary/aromatic N) is 2. The Labute approximate surface area is 106 Å². The summed E-state index contributed by atoms with van der Waals surface area (Å²) in [6.45, 7) is 9.34. The number of ether oxygens (including phenoxy) is 1. The lowest BCUT2D eigenvalue weighted by Gasteiger charge is -2.50. The van der Waals surface area contributed by atoms with Crippen molar-refractivity contribution in [3.05, 3.63) is 0 Å². The smallest absolute Gasteiger partial charge is 0.0615 e. The van der Waals surface area contributed by atoms with Crippen molar-refractivity contribution < 1.29 is 4.74 Å². The zero-order valence-corrected chi connectivity index (χ0v) is 11.9. The van der Waals surface area contributed by atoms with Crippen molar-refractivity contribution in [1.82, 2.24) is 9.80 Å². The van der Waals surface area contributed by atoms with Gasteiger partial charge in [0.05, 0.1) is 6.61 Å². The number of piperidine rings is 1. The van der Waals surface area contributed by atoms with E-state index in [4.69, 9.17) is 10.5 Å². The van der Waals surface area contributed by atoms with Crippen LogP contribution in [-0.4, -0.2) is 68.3 Å². The van der Waals surface area contributed by atoms with E-state index in [0.717, 1.165) is 32.8 Å². The number of likely N-dealkylation sites (N-methyl/N-ethyl adjacent to an activating group) is 1. The zero-order chi connectivity index (χ0) is 12.9. The monoisotopic (exact) mass is 243 g/mol. The molecule has 0 amide bonds. The van der Waals surface area contributed by atoms with Gasteiger partial charge < -0.3 is 15.4 Å². The number of nitrogens with two attached hydrogens (primary N) is 1. The van der Waals surface area contributed by atoms with Gasteiger partial charge >= 0.3 is 0 Å². The van der Waals surface area contributed by atoms with E-state index in [0.29, 0.717) is 6.04 Å². The molecular formula is C13H29N3O. The van der Waals surface area contributed by atoms with Crippen molar-refractivity contribution in [3.8, 4) is 0 Å². The molecule has 1 aliphatic heterocycles. The standard InChI is InChI=1S/C13H29N3O/c1-5-16(12(2)10-17-4)13(11-14)6-8-15(3)9-7-13/h12H,5-11,14H2,1-4H3. The molecule has 0 aliphatic carbocycles. The Kier molecular flexibility index (Phi) is 5.86. The Morgan fingerprint density at radius 3 is 2.41 bits per heavy atom. The maximum atomic E-state index is 6.09. The van der Waals surface area contributed by atoms with Crippen LogP contribution in [0, 0.1) is 0 Å². The molecule has 0 aromatic carbocycles. The number of methoxy groups -OCH3 is 1. The molecule has 0 spiro atoms. The minimum absolute atomic E-state index is 0.180. The Hall–Kier alpha value is -0.160. The van der Waals surface area contributed by atoms with E-state index in [1.807, 2.05) is 0 Å². The molecule has 4 nitrogen and oxygen atoms in total. The molecule has 1 fully saturated rings. The highest BCUT2D eigenvalue weighted by molar-refractivity contribution is 4.97. The molecule has 1 unspecified atom stereocenters. The predicted octanol–water partition coefficient (Wildman–Crippen LogP) is 0.766. The maximum absolute atomic E-state index is 6.09. The van der Waals surface area contributed by atoms with Crippen LogP contribution in [0.5, 0.6) is 0 Å². The number of likely N-dealkylation sites (tertiary alicyclic amines) is 1. The molecule has 4 heteroatoms. The van der Waals surface area contributed by atoms with Gasteiger partial charge in [-0.3, -0.25) is 4.90 Å². The lowest BCUT2D eigenvalue weighted by Crippen LogP contribution is -2.62. The summed E-state index contributed by atoms with van der Waals surface area (Å²) in [4.78, 5) is 4.94. The normalized spacial score (nSPS) is 22.9. The summed E-state index contributed by atoms with van der Waals surface area (Å²) in [5, 5.41) is 0. The van der Waals surface area contributed by atoms with Crippen molar-refractivity contribution in [1.29, 1.82) is 0 Å². The largest absolute Gasteiger partial charge is 0.383 e. The van der Waals surface area contributed by atoms with E-state index >= 15 is 0 Å². The molecule has 1 aliphatic rings. The van der Waals surface area contributed by atoms with Crippen LogP contribution in [0.3, 0.4) is 0 Å². The first kappa shape index (κ1) is 14.9. The summed E-state index contributed by atoms with van der Waals surface area (Å²) < 4.78 is 5.29. The second-order valence-electron chi connectivity index (χ2n) is 5.32. The van der Waals surface area contributed by atoms with Gasteiger partial charge in [-0.2, -0.15) is 0 Å². The van der Waals surface area contributed by atoms with Crippen molar-refractivity contribution in [2.24, 2.45) is 5.73 Å². The summed E-state index contributed by atoms with van der Waals surface area (Å²) in [5.74, 6) is 0. The molecule has 0 aromatic rings. The Morgan fingerprint density at radius 1 is 1.41 bits per heavy atom. The lowest BCUT2D eigenvalue weighted by molar-refractivity contribution is -0.0134. The molecule has 1 rings (SSSR count). The molecule has 1 atom stereocenters. The van der Waals surface area contributed by atoms with E-state index in [9.17, 15) is 0 Å². The Morgan fingerprint density at radius 2 is 2.00 bits per heavy atom. The minimum atomic E-state index is 0.180. The summed E-state index contributed by atoms with van der Waals surface area (Å²) in [5.41, 5.74) is 6.27. The van der Waals surface area contributed by atoms with Crippen LogP contribution >= 0.6 is 0 Å². The first-order valence-corrected chi connectivity index (χ1v) is 6.74. The molecule has 1 saturated heterocycles. The average Bonchev–Trinajstić information content (AvgIpc) is 2.33. The van der Waals surface area contributed by atoms with Crippen LogP contribution in [-0.2, 0) is 4.74 Å². The number of hydrogen-bond acceptors (Lipinski definition) is 4. The molecule has 0 aromatic heterocycles. The summed E-state index contributed by atoms with van der Waals surface area (Å²) >= 11 is 0. The first-order valence-electron chi connectivity index (χ1n) is 6.74. The van der Waals surface area contributed by atoms with Crippen LogP contribution in [0.4, 0.5) is 0 Å². The van der Waals surface area contributed by atoms with Gasteiger partial charge in [0.15, 0.2) is 0 Å². The third kappa shape index (κ3) is 3.41. The summed E-state index contributed by atoms with van der Waals surface area (Å²) in [6, 6.07) is 0.442. The minimum Gasteiger partial charge on any atom is -0.383 e. The van der Waals surface area contributed by atoms with Gasteiger partial charge in [-0.05, 0) is 46.4 Å². The van der Waals surface area contributed by atoms with Crippen molar-refractivity contribution >= 4 is 0 Å². The van der Waals surface area contributed by atoms with Crippen LogP contribution in [0.1, 0.15) is 26.7 Å². The molecule has 2 N–H and O–H groups in total. The maximum Gasteiger partial charge on any atom is 0.0615 e. The van der Waals surface area contributed by atoms with Crippen LogP contribution in [0.25, 0.3) is 0 Å². The Balaban J connectivity index is 2.74. The molecule has 102 valence electrons. The van der Waals surface area contributed by atoms with Gasteiger partial charge in [0.1, 0.15) is 0 Å². The summed E-state index contributed by atoms with van der Waals surface area (Å²) in [6.07, 6.45) is 2.34. The predicted molar refractivity (Wildman–Crippen MR) is 72.2 cm³/mol. The molecular weight excluding hydrogens is 214 g/mol. The van der Waals surface area contributed by atoms with Crippen molar-refractivity contribution in [2.75, 3.05) is 46.9 Å². The SMILES string of the molecule is CCN(C(C)COC)C1(CN)CCN(C)CC1. The van der Waals surface area contributed by atoms with Crippen molar-refractivity contribution in [2.45, 2.75) is 38.3 Å². The topological polar surface area (TPSA) is 41.7 Å². The quantitative estimate of drug-likeness (QED) is 0.748. The van der Waals surface area contributed by atoms with Crippen LogP contribution in [0.15, 0.2) is 0 Å². The number of hydrogen-bond donors (Lipinski definition) is 1. The molecule has 17 heavy (non-hydrogen) atoms. The number of rotatable bonds is 6. The first-order chi connectivity index (χ1) is 8.09. The fourth-order valence-electron chi connectivity index (χ4n) is 3.09. The van der Waals surface area contributed by atoms with Crippen molar-refractivity contribution in [3.63, 3.8) is 0 Å². The summed E-state index contributed by atoms with van der Waals surface area (Å²) in [7, 11) is 3.96. The molecule has 0 bridgehead atoms. The van der Waals surface area contributed by atoms with Gasteiger partial charge in [-0.1, -0.05) is 6.92 Å². The highest BCUT2D eigenvalue weighted by Gasteiger charge is 2.39. The highest BCUT2D eigenvalue weighted by Crippen LogP contribution is 2.29. The third-order valence-electron chi connectivity index (χ3n) is 4.19. The van der Waals surface area contributed by atoms with Gasteiger partial charge in [-0.25, -0.2) is 0 Å². The van der Waals surface area contributed by atoms with Crippen LogP contribution < -0.4 is 5.73 Å². The van der Waals surface area contributed by atoms with E-state index in [1.165, 1.54) is 12.8 Å². The lowest BCUT2D eigenvalue weighted by atomic mass is 9.84. The molecule has 0 radical (unpaired) electrons.